The molecule has 1 N–H and O–H groups in total. The smallest absolute Gasteiger partial charge is 0.450 e. The molecule has 0 radical (unpaired) electrons. The number of halogens is 3. The lowest BCUT2D eigenvalue weighted by atomic mass is 10.0. The third-order valence-corrected chi connectivity index (χ3v) is 3.80. The molecule has 5 nitrogen and oxygen atoms in total. The number of piperidine rings is 1. The van der Waals surface area contributed by atoms with Crippen molar-refractivity contribution in [2.45, 2.75) is 38.7 Å². The minimum absolute atomic E-state index is 0.134. The van der Waals surface area contributed by atoms with E-state index in [1.54, 1.807) is 24.0 Å². The molecule has 1 fully saturated rings. The highest BCUT2D eigenvalue weighted by Gasteiger charge is 2.32. The van der Waals surface area contributed by atoms with Gasteiger partial charge < -0.3 is 19.7 Å². The highest BCUT2D eigenvalue weighted by atomic mass is 19.4. The van der Waals surface area contributed by atoms with E-state index in [-0.39, 0.29) is 24.4 Å². The second-order valence-corrected chi connectivity index (χ2v) is 5.50. The summed E-state index contributed by atoms with van der Waals surface area (Å²) in [5.74, 6) is -0.193. The largest absolute Gasteiger partial charge is 0.573 e. The lowest BCUT2D eigenvalue weighted by Crippen LogP contribution is -2.44. The fraction of sp³-hybridized carbons (Fsp3) is 0.562. The van der Waals surface area contributed by atoms with E-state index in [1.165, 1.54) is 12.1 Å². The molecule has 0 aromatic heterocycles. The van der Waals surface area contributed by atoms with Gasteiger partial charge in [0.15, 0.2) is 0 Å². The van der Waals surface area contributed by atoms with Crippen LogP contribution in [0.2, 0.25) is 0 Å². The molecule has 0 atom stereocenters. The number of nitrogens with one attached hydrogen (secondary N) is 1. The standard InChI is InChI=1S/C16H21F3N2O3/c1-2-23-15(22)21-9-7-13(8-10-21)20-11-12-5-3-4-6-14(12)24-16(17,18)19/h3-6,13,20H,2,7-11H2,1H3. The van der Waals surface area contributed by atoms with Crippen LogP contribution in [0.1, 0.15) is 25.3 Å². The molecule has 0 bridgehead atoms. The third-order valence-electron chi connectivity index (χ3n) is 3.80. The minimum Gasteiger partial charge on any atom is -0.450 e. The van der Waals surface area contributed by atoms with Crippen molar-refractivity contribution in [3.05, 3.63) is 29.8 Å². The molecule has 2 rings (SSSR count). The molecule has 0 aliphatic carbocycles. The number of para-hydroxylation sites is 1. The third kappa shape index (κ3) is 5.59. The number of carbonyl (C=O) groups is 1. The van der Waals surface area contributed by atoms with Crippen LogP contribution in [0.25, 0.3) is 0 Å². The molecule has 1 aliphatic rings. The predicted molar refractivity (Wildman–Crippen MR) is 81.6 cm³/mol. The average Bonchev–Trinajstić information content (AvgIpc) is 2.53. The molecule has 1 aliphatic heterocycles. The molecule has 0 unspecified atom stereocenters. The second kappa shape index (κ2) is 8.23. The second-order valence-electron chi connectivity index (χ2n) is 5.50. The van der Waals surface area contributed by atoms with E-state index in [9.17, 15) is 18.0 Å². The first kappa shape index (κ1) is 18.4. The highest BCUT2D eigenvalue weighted by molar-refractivity contribution is 5.67. The van der Waals surface area contributed by atoms with Crippen molar-refractivity contribution in [3.8, 4) is 5.75 Å². The summed E-state index contributed by atoms with van der Waals surface area (Å²) in [7, 11) is 0. The summed E-state index contributed by atoms with van der Waals surface area (Å²) in [5.41, 5.74) is 0.447. The first-order chi connectivity index (χ1) is 11.4. The quantitative estimate of drug-likeness (QED) is 0.889. The van der Waals surface area contributed by atoms with Crippen molar-refractivity contribution < 1.29 is 27.4 Å². The first-order valence-electron chi connectivity index (χ1n) is 7.87. The maximum atomic E-state index is 12.4. The highest BCUT2D eigenvalue weighted by Crippen LogP contribution is 2.26. The fourth-order valence-electron chi connectivity index (χ4n) is 2.61. The van der Waals surface area contributed by atoms with Crippen LogP contribution in [0, 0.1) is 0 Å². The summed E-state index contributed by atoms with van der Waals surface area (Å²) in [5, 5.41) is 3.23. The van der Waals surface area contributed by atoms with Crippen LogP contribution in [0.3, 0.4) is 0 Å². The van der Waals surface area contributed by atoms with E-state index >= 15 is 0 Å². The van der Waals surface area contributed by atoms with Crippen LogP contribution in [0.15, 0.2) is 24.3 Å². The predicted octanol–water partition coefficient (Wildman–Crippen LogP) is 3.30. The van der Waals surface area contributed by atoms with Crippen LogP contribution in [0.4, 0.5) is 18.0 Å². The van der Waals surface area contributed by atoms with Gasteiger partial charge in [0.05, 0.1) is 6.61 Å². The number of likely N-dealkylation sites (tertiary alicyclic amines) is 1. The van der Waals surface area contributed by atoms with Gasteiger partial charge in [0.1, 0.15) is 5.75 Å². The van der Waals surface area contributed by atoms with Gasteiger partial charge in [0.25, 0.3) is 0 Å². The summed E-state index contributed by atoms with van der Waals surface area (Å²) < 4.78 is 46.2. The number of nitrogens with zero attached hydrogens (tertiary/aromatic N) is 1. The van der Waals surface area contributed by atoms with E-state index in [4.69, 9.17) is 4.74 Å². The van der Waals surface area contributed by atoms with Crippen molar-refractivity contribution in [3.63, 3.8) is 0 Å². The molecule has 1 heterocycles. The first-order valence-corrected chi connectivity index (χ1v) is 7.87. The Kier molecular flexibility index (Phi) is 6.30. The number of benzene rings is 1. The van der Waals surface area contributed by atoms with Crippen molar-refractivity contribution in [1.29, 1.82) is 0 Å². The molecule has 1 amide bonds. The molecular formula is C16H21F3N2O3. The zero-order valence-corrected chi connectivity index (χ0v) is 13.4. The Morgan fingerprint density at radius 2 is 1.96 bits per heavy atom. The number of ether oxygens (including phenoxy) is 2. The van der Waals surface area contributed by atoms with Crippen molar-refractivity contribution in [1.82, 2.24) is 10.2 Å². The van der Waals surface area contributed by atoms with Crippen LogP contribution >= 0.6 is 0 Å². The van der Waals surface area contributed by atoms with Gasteiger partial charge >= 0.3 is 12.5 Å². The van der Waals surface area contributed by atoms with Crippen molar-refractivity contribution in [2.24, 2.45) is 0 Å². The van der Waals surface area contributed by atoms with Crippen LogP contribution in [-0.4, -0.2) is 43.1 Å². The number of carbonyl (C=O) groups excluding carboxylic acids is 1. The Balaban J connectivity index is 1.84. The van der Waals surface area contributed by atoms with Gasteiger partial charge in [-0.05, 0) is 25.8 Å². The molecule has 1 aromatic rings. The van der Waals surface area contributed by atoms with Crippen LogP contribution in [-0.2, 0) is 11.3 Å². The van der Waals surface area contributed by atoms with Crippen molar-refractivity contribution >= 4 is 6.09 Å². The number of rotatable bonds is 5. The van der Waals surface area contributed by atoms with E-state index in [1.807, 2.05) is 0 Å². The van der Waals surface area contributed by atoms with Gasteiger partial charge in [-0.3, -0.25) is 0 Å². The zero-order valence-electron chi connectivity index (χ0n) is 13.4. The normalized spacial score (nSPS) is 16.1. The number of amides is 1. The molecule has 1 saturated heterocycles. The van der Waals surface area contributed by atoms with E-state index in [0.717, 1.165) is 12.8 Å². The Hall–Kier alpha value is -1.96. The summed E-state index contributed by atoms with van der Waals surface area (Å²) in [6, 6.07) is 6.21. The van der Waals surface area contributed by atoms with Crippen LogP contribution < -0.4 is 10.1 Å². The van der Waals surface area contributed by atoms with E-state index < -0.39 is 6.36 Å². The molecular weight excluding hydrogens is 325 g/mol. The van der Waals surface area contributed by atoms with E-state index in [0.29, 0.717) is 25.3 Å². The maximum Gasteiger partial charge on any atom is 0.573 e. The van der Waals surface area contributed by atoms with Gasteiger partial charge in [-0.15, -0.1) is 13.2 Å². The molecule has 24 heavy (non-hydrogen) atoms. The summed E-state index contributed by atoms with van der Waals surface area (Å²) in [6.45, 7) is 3.50. The lowest BCUT2D eigenvalue weighted by molar-refractivity contribution is -0.274. The molecule has 0 saturated carbocycles. The minimum atomic E-state index is -4.71. The molecule has 134 valence electrons. The SMILES string of the molecule is CCOC(=O)N1CCC(NCc2ccccc2OC(F)(F)F)CC1. The van der Waals surface area contributed by atoms with E-state index in [2.05, 4.69) is 10.1 Å². The molecule has 8 heteroatoms. The molecule has 1 aromatic carbocycles. The summed E-state index contributed by atoms with van der Waals surface area (Å²) in [6.07, 6.45) is -3.58. The number of alkyl halides is 3. The Bertz CT molecular complexity index is 544. The number of hydrogen-bond donors (Lipinski definition) is 1. The number of hydrogen-bond acceptors (Lipinski definition) is 4. The van der Waals surface area contributed by atoms with Crippen molar-refractivity contribution in [2.75, 3.05) is 19.7 Å². The Labute approximate surface area is 138 Å². The topological polar surface area (TPSA) is 50.8 Å². The van der Waals surface area contributed by atoms with Gasteiger partial charge in [-0.25, -0.2) is 4.79 Å². The lowest BCUT2D eigenvalue weighted by Gasteiger charge is -2.31. The maximum absolute atomic E-state index is 12.4. The average molecular weight is 346 g/mol. The van der Waals surface area contributed by atoms with Gasteiger partial charge in [-0.2, -0.15) is 0 Å². The Morgan fingerprint density at radius 1 is 1.29 bits per heavy atom. The zero-order chi connectivity index (χ0) is 17.6. The summed E-state index contributed by atoms with van der Waals surface area (Å²) in [4.78, 5) is 13.3. The van der Waals surface area contributed by atoms with Gasteiger partial charge in [-0.1, -0.05) is 18.2 Å². The van der Waals surface area contributed by atoms with Gasteiger partial charge in [0, 0.05) is 31.2 Å². The fourth-order valence-corrected chi connectivity index (χ4v) is 2.61. The van der Waals surface area contributed by atoms with Gasteiger partial charge in [0.2, 0.25) is 0 Å². The monoisotopic (exact) mass is 346 g/mol. The summed E-state index contributed by atoms with van der Waals surface area (Å²) >= 11 is 0. The molecule has 0 spiro atoms. The Morgan fingerprint density at radius 3 is 2.58 bits per heavy atom. The van der Waals surface area contributed by atoms with Crippen LogP contribution in [0.5, 0.6) is 5.75 Å².